The van der Waals surface area contributed by atoms with Crippen molar-refractivity contribution in [1.82, 2.24) is 30.4 Å². The Kier molecular flexibility index (Phi) is 10.3. The molecule has 262 valence electrons. The number of aryl methyl sites for hydroxylation is 2. The highest BCUT2D eigenvalue weighted by atomic mass is 32.2. The maximum Gasteiger partial charge on any atom is 0.251 e. The van der Waals surface area contributed by atoms with E-state index in [1.165, 1.54) is 36.7 Å². The number of hydrogen-bond donors (Lipinski definition) is 3. The molecule has 6 rings (SSSR count). The van der Waals surface area contributed by atoms with Crippen LogP contribution in [0.2, 0.25) is 0 Å². The summed E-state index contributed by atoms with van der Waals surface area (Å²) >= 11 is 0. The zero-order chi connectivity index (χ0) is 34.8. The number of rotatable bonds is 13. The van der Waals surface area contributed by atoms with Crippen molar-refractivity contribution in [2.75, 3.05) is 31.6 Å². The SMILES string of the molecule is Cc1[nH]nc(Nc2ncnc3cc(OCC4CCN(CCCCCCc5cccc6c5CNC6=O)CC4)c(S(=O)(=O)C(C)(C)C)cc23)c1C. The molecule has 4 heterocycles. The van der Waals surface area contributed by atoms with Crippen molar-refractivity contribution in [3.05, 3.63) is 64.6 Å². The quantitative estimate of drug-likeness (QED) is 0.136. The first-order chi connectivity index (χ1) is 23.4. The smallest absolute Gasteiger partial charge is 0.251 e. The highest BCUT2D eigenvalue weighted by molar-refractivity contribution is 7.92. The molecule has 3 N–H and O–H groups in total. The summed E-state index contributed by atoms with van der Waals surface area (Å²) in [5.74, 6) is 1.85. The van der Waals surface area contributed by atoms with Crippen LogP contribution >= 0.6 is 0 Å². The Balaban J connectivity index is 1.03. The molecule has 0 aliphatic carbocycles. The lowest BCUT2D eigenvalue weighted by Gasteiger charge is -2.32. The van der Waals surface area contributed by atoms with Crippen molar-refractivity contribution in [3.8, 4) is 5.75 Å². The highest BCUT2D eigenvalue weighted by Gasteiger charge is 2.35. The van der Waals surface area contributed by atoms with Crippen LogP contribution in [0.5, 0.6) is 5.75 Å². The molecule has 1 saturated heterocycles. The van der Waals surface area contributed by atoms with Gasteiger partial charge < -0.3 is 20.3 Å². The number of nitrogens with one attached hydrogen (secondary N) is 3. The second kappa shape index (κ2) is 14.4. The number of likely N-dealkylation sites (tertiary alicyclic amines) is 1. The lowest BCUT2D eigenvalue weighted by molar-refractivity contribution is 0.0965. The van der Waals surface area contributed by atoms with Crippen LogP contribution < -0.4 is 15.4 Å². The summed E-state index contributed by atoms with van der Waals surface area (Å²) in [5, 5.41) is 14.1. The second-order valence-corrected chi connectivity index (χ2v) is 17.2. The van der Waals surface area contributed by atoms with E-state index in [0.29, 0.717) is 47.4 Å². The number of aromatic amines is 1. The van der Waals surface area contributed by atoms with Crippen molar-refractivity contribution < 1.29 is 17.9 Å². The predicted molar refractivity (Wildman–Crippen MR) is 192 cm³/mol. The normalized spacial score (nSPS) is 15.8. The molecule has 2 aromatic carbocycles. The number of hydrogen-bond acceptors (Lipinski definition) is 9. The Labute approximate surface area is 289 Å². The zero-order valence-corrected chi connectivity index (χ0v) is 30.2. The van der Waals surface area contributed by atoms with Gasteiger partial charge in [-0.15, -0.1) is 0 Å². The van der Waals surface area contributed by atoms with E-state index in [-0.39, 0.29) is 10.8 Å². The largest absolute Gasteiger partial charge is 0.492 e. The van der Waals surface area contributed by atoms with Crippen molar-refractivity contribution >= 4 is 38.3 Å². The molecule has 12 heteroatoms. The van der Waals surface area contributed by atoms with E-state index in [1.54, 1.807) is 32.9 Å². The van der Waals surface area contributed by atoms with Gasteiger partial charge in [-0.1, -0.05) is 25.0 Å². The van der Waals surface area contributed by atoms with E-state index < -0.39 is 14.6 Å². The van der Waals surface area contributed by atoms with E-state index in [4.69, 9.17) is 4.74 Å². The first kappa shape index (κ1) is 34.8. The number of carbonyl (C=O) groups excluding carboxylic acids is 1. The van der Waals surface area contributed by atoms with E-state index in [0.717, 1.165) is 62.1 Å². The molecule has 49 heavy (non-hydrogen) atoms. The number of piperidine rings is 1. The molecular weight excluding hydrogens is 639 g/mol. The standard InChI is InChI=1S/C37H49N7O4S/c1-24-25(2)42-43-34(24)41-35-29-19-33(49(46,47)37(3,4)5)32(20-31(29)39-23-40-35)48-22-26-14-17-44(18-15-26)16-9-7-6-8-11-27-12-10-13-28-30(27)21-38-36(28)45/h10,12-13,19-20,23,26H,6-9,11,14-18,21-22H2,1-5H3,(H,38,45)(H2,39,40,41,42,43). The second-order valence-electron chi connectivity index (χ2n) is 14.5. The van der Waals surface area contributed by atoms with Gasteiger partial charge in [0.05, 0.1) is 16.9 Å². The summed E-state index contributed by atoms with van der Waals surface area (Å²) in [5.41, 5.74) is 5.82. The van der Waals surface area contributed by atoms with Gasteiger partial charge in [0.2, 0.25) is 0 Å². The zero-order valence-electron chi connectivity index (χ0n) is 29.4. The molecule has 2 aliphatic rings. The minimum absolute atomic E-state index is 0.0491. The Morgan fingerprint density at radius 3 is 2.53 bits per heavy atom. The average molecular weight is 688 g/mol. The van der Waals surface area contributed by atoms with Crippen LogP contribution in [0.1, 0.15) is 92.0 Å². The summed E-state index contributed by atoms with van der Waals surface area (Å²) in [4.78, 5) is 23.5. The van der Waals surface area contributed by atoms with Crippen molar-refractivity contribution in [1.29, 1.82) is 0 Å². The third-order valence-electron chi connectivity index (χ3n) is 10.1. The van der Waals surface area contributed by atoms with Crippen LogP contribution in [0, 0.1) is 19.8 Å². The summed E-state index contributed by atoms with van der Waals surface area (Å²) in [6.07, 6.45) is 9.21. The molecule has 0 bridgehead atoms. The lowest BCUT2D eigenvalue weighted by atomic mass is 9.97. The van der Waals surface area contributed by atoms with Gasteiger partial charge in [-0.05, 0) is 116 Å². The van der Waals surface area contributed by atoms with Crippen LogP contribution in [0.3, 0.4) is 0 Å². The summed E-state index contributed by atoms with van der Waals surface area (Å²) in [7, 11) is -3.75. The lowest BCUT2D eigenvalue weighted by Crippen LogP contribution is -2.36. The number of benzene rings is 2. The Morgan fingerprint density at radius 1 is 1.02 bits per heavy atom. The van der Waals surface area contributed by atoms with Crippen LogP contribution in [0.4, 0.5) is 11.6 Å². The Morgan fingerprint density at radius 2 is 1.80 bits per heavy atom. The highest BCUT2D eigenvalue weighted by Crippen LogP contribution is 2.38. The van der Waals surface area contributed by atoms with Crippen molar-refractivity contribution in [2.24, 2.45) is 5.92 Å². The molecule has 4 aromatic rings. The van der Waals surface area contributed by atoms with Crippen LogP contribution in [0.15, 0.2) is 41.6 Å². The molecule has 0 spiro atoms. The molecule has 11 nitrogen and oxygen atoms in total. The maximum atomic E-state index is 13.9. The third kappa shape index (κ3) is 7.60. The van der Waals surface area contributed by atoms with Gasteiger partial charge in [0.25, 0.3) is 5.91 Å². The fourth-order valence-electron chi connectivity index (χ4n) is 6.68. The molecule has 0 saturated carbocycles. The number of nitrogens with zero attached hydrogens (tertiary/aromatic N) is 4. The minimum Gasteiger partial charge on any atom is -0.492 e. The number of unbranched alkanes of at least 4 members (excludes halogenated alkanes) is 3. The molecule has 1 fully saturated rings. The number of amides is 1. The van der Waals surface area contributed by atoms with Crippen LogP contribution in [-0.4, -0.2) is 70.4 Å². The summed E-state index contributed by atoms with van der Waals surface area (Å²) in [6.45, 7) is 13.3. The van der Waals surface area contributed by atoms with E-state index >= 15 is 0 Å². The van der Waals surface area contributed by atoms with Gasteiger partial charge >= 0.3 is 0 Å². The van der Waals surface area contributed by atoms with Gasteiger partial charge in [-0.25, -0.2) is 18.4 Å². The van der Waals surface area contributed by atoms with Gasteiger partial charge in [0.15, 0.2) is 15.7 Å². The van der Waals surface area contributed by atoms with E-state index in [2.05, 4.69) is 41.8 Å². The Hall–Kier alpha value is -4.03. The number of carbonyl (C=O) groups is 1. The van der Waals surface area contributed by atoms with Gasteiger partial charge in [0, 0.05) is 34.8 Å². The fourth-order valence-corrected chi connectivity index (χ4v) is 7.99. The van der Waals surface area contributed by atoms with E-state index in [9.17, 15) is 13.2 Å². The van der Waals surface area contributed by atoms with Gasteiger partial charge in [-0.3, -0.25) is 9.89 Å². The average Bonchev–Trinajstić information content (AvgIpc) is 3.62. The molecular formula is C37H49N7O4S. The van der Waals surface area contributed by atoms with Crippen molar-refractivity contribution in [3.63, 3.8) is 0 Å². The number of ether oxygens (including phenoxy) is 1. The van der Waals surface area contributed by atoms with Gasteiger partial charge in [0.1, 0.15) is 22.8 Å². The minimum atomic E-state index is -3.75. The predicted octanol–water partition coefficient (Wildman–Crippen LogP) is 6.42. The number of aromatic nitrogens is 4. The van der Waals surface area contributed by atoms with Crippen molar-refractivity contribution in [2.45, 2.75) is 95.8 Å². The fraction of sp³-hybridized carbons (Fsp3) is 0.514. The molecule has 0 atom stereocenters. The molecule has 2 aromatic heterocycles. The Bertz CT molecular complexity index is 1920. The number of anilines is 2. The number of sulfone groups is 1. The molecule has 2 aliphatic heterocycles. The summed E-state index contributed by atoms with van der Waals surface area (Å²) in [6, 6.07) is 9.46. The van der Waals surface area contributed by atoms with Crippen LogP contribution in [-0.2, 0) is 22.8 Å². The van der Waals surface area contributed by atoms with Gasteiger partial charge in [-0.2, -0.15) is 5.10 Å². The molecule has 1 amide bonds. The summed E-state index contributed by atoms with van der Waals surface area (Å²) < 4.78 is 33.0. The topological polar surface area (TPSA) is 142 Å². The number of H-pyrrole nitrogens is 1. The number of fused-ring (bicyclic) bond motifs is 2. The molecule has 0 radical (unpaired) electrons. The third-order valence-corrected chi connectivity index (χ3v) is 12.6. The first-order valence-electron chi connectivity index (χ1n) is 17.5. The van der Waals surface area contributed by atoms with Crippen LogP contribution in [0.25, 0.3) is 10.9 Å². The maximum absolute atomic E-state index is 13.9. The monoisotopic (exact) mass is 687 g/mol. The molecule has 0 unspecified atom stereocenters. The van der Waals surface area contributed by atoms with E-state index in [1.807, 2.05) is 26.0 Å². The first-order valence-corrected chi connectivity index (χ1v) is 19.0.